The molecule has 0 saturated carbocycles. The average Bonchev–Trinajstić information content (AvgIpc) is 3.23. The van der Waals surface area contributed by atoms with Gasteiger partial charge in [-0.1, -0.05) is 0 Å². The van der Waals surface area contributed by atoms with Gasteiger partial charge in [-0.2, -0.15) is 15.6 Å². The Morgan fingerprint density at radius 1 is 1.38 bits per heavy atom. The molecule has 0 amide bonds. The van der Waals surface area contributed by atoms with Gasteiger partial charge in [0.1, 0.15) is 0 Å². The van der Waals surface area contributed by atoms with E-state index in [9.17, 15) is 17.9 Å². The van der Waals surface area contributed by atoms with Gasteiger partial charge in [0, 0.05) is 31.5 Å². The Hall–Kier alpha value is -1.48. The molecule has 0 bridgehead atoms. The Morgan fingerprint density at radius 3 is 2.75 bits per heavy atom. The van der Waals surface area contributed by atoms with E-state index in [1.165, 1.54) is 34.9 Å². The van der Waals surface area contributed by atoms with Crippen molar-refractivity contribution >= 4 is 21.4 Å². The van der Waals surface area contributed by atoms with Crippen molar-refractivity contribution in [2.75, 3.05) is 26.8 Å². The van der Waals surface area contributed by atoms with Gasteiger partial charge in [0.25, 0.3) is 0 Å². The molecular weight excluding hydrogens is 353 g/mol. The van der Waals surface area contributed by atoms with Gasteiger partial charge < -0.3 is 9.84 Å². The normalized spacial score (nSPS) is 22.0. The molecule has 1 aromatic heterocycles. The number of hydrogen-bond donors (Lipinski definition) is 1. The molecule has 1 aliphatic rings. The molecule has 1 N–H and O–H groups in total. The van der Waals surface area contributed by atoms with Crippen molar-refractivity contribution in [2.45, 2.75) is 10.8 Å². The Labute approximate surface area is 144 Å². The summed E-state index contributed by atoms with van der Waals surface area (Å²) in [6.45, 7) is 0.397. The van der Waals surface area contributed by atoms with Crippen molar-refractivity contribution in [3.05, 3.63) is 46.4 Å². The Bertz CT molecular complexity index is 807. The largest absolute Gasteiger partial charge is 0.494 e. The lowest BCUT2D eigenvalue weighted by atomic mass is 9.92. The number of aliphatic hydroxyl groups is 1. The van der Waals surface area contributed by atoms with Crippen LogP contribution in [0.5, 0.6) is 5.75 Å². The molecule has 0 aliphatic carbocycles. The monoisotopic (exact) mass is 371 g/mol. The standard InChI is InChI=1S/C16H18FNO4S2/c1-22-16-3-2-13(6-15(16)17)24(20,21)18-7-12(9-19)14(8-18)11-4-5-23-10-11/h2-6,10,12,14,19H,7-9H2,1H3/t12-,14-/m1/s1. The van der Waals surface area contributed by atoms with Crippen LogP contribution in [-0.4, -0.2) is 44.6 Å². The number of nitrogens with zero attached hydrogens (tertiary/aromatic N) is 1. The van der Waals surface area contributed by atoms with E-state index in [1.807, 2.05) is 16.8 Å². The second-order valence-electron chi connectivity index (χ2n) is 5.72. The highest BCUT2D eigenvalue weighted by Crippen LogP contribution is 2.36. The first-order chi connectivity index (χ1) is 11.5. The lowest BCUT2D eigenvalue weighted by Crippen LogP contribution is -2.29. The van der Waals surface area contributed by atoms with Crippen LogP contribution >= 0.6 is 11.3 Å². The number of aliphatic hydroxyl groups excluding tert-OH is 1. The summed E-state index contributed by atoms with van der Waals surface area (Å²) in [6.07, 6.45) is 0. The molecule has 5 nitrogen and oxygen atoms in total. The molecule has 2 aromatic rings. The van der Waals surface area contributed by atoms with E-state index in [2.05, 4.69) is 0 Å². The zero-order valence-electron chi connectivity index (χ0n) is 13.1. The van der Waals surface area contributed by atoms with E-state index >= 15 is 0 Å². The third kappa shape index (κ3) is 3.06. The number of rotatable bonds is 5. The van der Waals surface area contributed by atoms with Gasteiger partial charge in [-0.3, -0.25) is 0 Å². The van der Waals surface area contributed by atoms with E-state index < -0.39 is 15.8 Å². The van der Waals surface area contributed by atoms with E-state index in [0.717, 1.165) is 11.6 Å². The molecule has 0 unspecified atom stereocenters. The topological polar surface area (TPSA) is 66.8 Å². The minimum Gasteiger partial charge on any atom is -0.494 e. The second kappa shape index (κ2) is 6.79. The van der Waals surface area contributed by atoms with Gasteiger partial charge in [0.2, 0.25) is 10.0 Å². The third-order valence-electron chi connectivity index (χ3n) is 4.37. The zero-order valence-corrected chi connectivity index (χ0v) is 14.7. The van der Waals surface area contributed by atoms with Gasteiger partial charge in [-0.05, 0) is 40.6 Å². The summed E-state index contributed by atoms with van der Waals surface area (Å²) in [7, 11) is -2.50. The van der Waals surface area contributed by atoms with Gasteiger partial charge >= 0.3 is 0 Å². The van der Waals surface area contributed by atoms with Crippen molar-refractivity contribution in [1.82, 2.24) is 4.31 Å². The van der Waals surface area contributed by atoms with Crippen molar-refractivity contribution in [2.24, 2.45) is 5.92 Å². The van der Waals surface area contributed by atoms with Crippen LogP contribution in [0.2, 0.25) is 0 Å². The number of methoxy groups -OCH3 is 1. The first-order valence-corrected chi connectivity index (χ1v) is 9.82. The van der Waals surface area contributed by atoms with E-state index in [-0.39, 0.29) is 42.2 Å². The van der Waals surface area contributed by atoms with Crippen molar-refractivity contribution in [3.63, 3.8) is 0 Å². The summed E-state index contributed by atoms with van der Waals surface area (Å²) in [5, 5.41) is 13.5. The summed E-state index contributed by atoms with van der Waals surface area (Å²) >= 11 is 1.54. The minimum atomic E-state index is -3.82. The molecule has 24 heavy (non-hydrogen) atoms. The summed E-state index contributed by atoms with van der Waals surface area (Å²) < 4.78 is 45.6. The van der Waals surface area contributed by atoms with Gasteiger partial charge in [0.15, 0.2) is 11.6 Å². The molecular formula is C16H18FNO4S2. The molecule has 1 saturated heterocycles. The predicted octanol–water partition coefficient (Wildman–Crippen LogP) is 2.29. The van der Waals surface area contributed by atoms with Crippen LogP contribution in [0.15, 0.2) is 39.9 Å². The molecule has 0 spiro atoms. The molecule has 1 aliphatic heterocycles. The number of ether oxygens (including phenoxy) is 1. The molecule has 3 rings (SSSR count). The molecule has 8 heteroatoms. The first-order valence-electron chi connectivity index (χ1n) is 7.44. The van der Waals surface area contributed by atoms with Crippen LogP contribution in [0.1, 0.15) is 11.5 Å². The highest BCUT2D eigenvalue weighted by atomic mass is 32.2. The van der Waals surface area contributed by atoms with Crippen molar-refractivity contribution in [1.29, 1.82) is 0 Å². The fraction of sp³-hybridized carbons (Fsp3) is 0.375. The molecule has 1 aromatic carbocycles. The fourth-order valence-corrected chi connectivity index (χ4v) is 5.29. The maximum atomic E-state index is 13.9. The van der Waals surface area contributed by atoms with Gasteiger partial charge in [0.05, 0.1) is 12.0 Å². The number of hydrogen-bond acceptors (Lipinski definition) is 5. The molecule has 2 atom stereocenters. The summed E-state index contributed by atoms with van der Waals surface area (Å²) in [6, 6.07) is 5.56. The highest BCUT2D eigenvalue weighted by Gasteiger charge is 2.40. The SMILES string of the molecule is COc1ccc(S(=O)(=O)N2C[C@H](CO)[C@@H](c3ccsc3)C2)cc1F. The van der Waals surface area contributed by atoms with E-state index in [0.29, 0.717) is 0 Å². The van der Waals surface area contributed by atoms with Gasteiger partial charge in [-0.15, -0.1) is 0 Å². The quantitative estimate of drug-likeness (QED) is 0.876. The zero-order chi connectivity index (χ0) is 17.3. The maximum Gasteiger partial charge on any atom is 0.243 e. The van der Waals surface area contributed by atoms with Crippen LogP contribution in [0.4, 0.5) is 4.39 Å². The summed E-state index contributed by atoms with van der Waals surface area (Å²) in [4.78, 5) is -0.108. The molecule has 130 valence electrons. The number of thiophene rings is 1. The van der Waals surface area contributed by atoms with Crippen molar-refractivity contribution in [3.8, 4) is 5.75 Å². The highest BCUT2D eigenvalue weighted by molar-refractivity contribution is 7.89. The fourth-order valence-electron chi connectivity index (χ4n) is 3.03. The molecule has 1 fully saturated rings. The first kappa shape index (κ1) is 17.3. The van der Waals surface area contributed by atoms with Crippen LogP contribution in [-0.2, 0) is 10.0 Å². The van der Waals surface area contributed by atoms with Gasteiger partial charge in [-0.25, -0.2) is 12.8 Å². The number of sulfonamides is 1. The Kier molecular flexibility index (Phi) is 4.91. The minimum absolute atomic E-state index is 0.000226. The second-order valence-corrected chi connectivity index (χ2v) is 8.44. The smallest absolute Gasteiger partial charge is 0.243 e. The van der Waals surface area contributed by atoms with Crippen LogP contribution in [0, 0.1) is 11.7 Å². The Morgan fingerprint density at radius 2 is 2.17 bits per heavy atom. The van der Waals surface area contributed by atoms with Crippen molar-refractivity contribution < 1.29 is 22.7 Å². The molecule has 0 radical (unpaired) electrons. The number of halogens is 1. The third-order valence-corrected chi connectivity index (χ3v) is 6.90. The lowest BCUT2D eigenvalue weighted by Gasteiger charge is -2.17. The lowest BCUT2D eigenvalue weighted by molar-refractivity contribution is 0.223. The van der Waals surface area contributed by atoms with E-state index in [1.54, 1.807) is 0 Å². The summed E-state index contributed by atoms with van der Waals surface area (Å²) in [5.41, 5.74) is 1.03. The predicted molar refractivity (Wildman–Crippen MR) is 89.3 cm³/mol. The van der Waals surface area contributed by atoms with E-state index in [4.69, 9.17) is 4.74 Å². The van der Waals surface area contributed by atoms with Crippen LogP contribution < -0.4 is 4.74 Å². The average molecular weight is 371 g/mol. The van der Waals surface area contributed by atoms with Crippen LogP contribution in [0.25, 0.3) is 0 Å². The summed E-state index contributed by atoms with van der Waals surface area (Å²) in [5.74, 6) is -0.942. The number of benzene rings is 1. The molecule has 2 heterocycles. The maximum absolute atomic E-state index is 13.9. The van der Waals surface area contributed by atoms with Crippen LogP contribution in [0.3, 0.4) is 0 Å². The Balaban J connectivity index is 1.89.